The SMILES string of the molecule is CCc1cccc2sc(Cc3ccccc3Br)nc12. The third kappa shape index (κ3) is 2.58. The Bertz CT molecular complexity index is 718. The van der Waals surface area contributed by atoms with Crippen molar-refractivity contribution in [1.82, 2.24) is 4.98 Å². The van der Waals surface area contributed by atoms with E-state index in [0.29, 0.717) is 0 Å². The van der Waals surface area contributed by atoms with Gasteiger partial charge in [0, 0.05) is 10.9 Å². The summed E-state index contributed by atoms with van der Waals surface area (Å²) in [7, 11) is 0. The third-order valence-corrected chi connectivity index (χ3v) is 5.02. The van der Waals surface area contributed by atoms with Gasteiger partial charge < -0.3 is 0 Å². The van der Waals surface area contributed by atoms with Crippen molar-refractivity contribution < 1.29 is 0 Å². The molecule has 3 aromatic rings. The zero-order chi connectivity index (χ0) is 13.2. The zero-order valence-electron chi connectivity index (χ0n) is 10.7. The molecular weight excluding hydrogens is 318 g/mol. The lowest BCUT2D eigenvalue weighted by atomic mass is 10.1. The van der Waals surface area contributed by atoms with Crippen molar-refractivity contribution in [2.24, 2.45) is 0 Å². The summed E-state index contributed by atoms with van der Waals surface area (Å²) in [6.07, 6.45) is 1.93. The minimum absolute atomic E-state index is 0.893. The summed E-state index contributed by atoms with van der Waals surface area (Å²) in [5.74, 6) is 0. The van der Waals surface area contributed by atoms with E-state index in [1.54, 1.807) is 11.3 Å². The molecule has 0 saturated heterocycles. The highest BCUT2D eigenvalue weighted by Crippen LogP contribution is 2.28. The van der Waals surface area contributed by atoms with Crippen LogP contribution in [0.4, 0.5) is 0 Å². The van der Waals surface area contributed by atoms with E-state index in [-0.39, 0.29) is 0 Å². The van der Waals surface area contributed by atoms with E-state index in [4.69, 9.17) is 4.98 Å². The maximum atomic E-state index is 4.82. The van der Waals surface area contributed by atoms with Gasteiger partial charge >= 0.3 is 0 Å². The summed E-state index contributed by atoms with van der Waals surface area (Å²) in [4.78, 5) is 4.82. The van der Waals surface area contributed by atoms with Crippen molar-refractivity contribution in [2.45, 2.75) is 19.8 Å². The van der Waals surface area contributed by atoms with Crippen LogP contribution < -0.4 is 0 Å². The van der Waals surface area contributed by atoms with Gasteiger partial charge in [0.25, 0.3) is 0 Å². The molecular formula is C16H14BrNS. The Morgan fingerprint density at radius 3 is 2.63 bits per heavy atom. The summed E-state index contributed by atoms with van der Waals surface area (Å²) in [6.45, 7) is 2.18. The molecule has 1 aromatic heterocycles. The Labute approximate surface area is 125 Å². The van der Waals surface area contributed by atoms with Crippen LogP contribution in [-0.4, -0.2) is 4.98 Å². The van der Waals surface area contributed by atoms with E-state index < -0.39 is 0 Å². The topological polar surface area (TPSA) is 12.9 Å². The number of fused-ring (bicyclic) bond motifs is 1. The number of benzene rings is 2. The first kappa shape index (κ1) is 12.8. The van der Waals surface area contributed by atoms with E-state index in [1.165, 1.54) is 26.4 Å². The van der Waals surface area contributed by atoms with Crippen LogP contribution >= 0.6 is 27.3 Å². The van der Waals surface area contributed by atoms with E-state index in [0.717, 1.165) is 17.3 Å². The van der Waals surface area contributed by atoms with Crippen molar-refractivity contribution >= 4 is 37.5 Å². The van der Waals surface area contributed by atoms with E-state index in [9.17, 15) is 0 Å². The highest BCUT2D eigenvalue weighted by molar-refractivity contribution is 9.10. The molecule has 19 heavy (non-hydrogen) atoms. The van der Waals surface area contributed by atoms with Gasteiger partial charge in [-0.2, -0.15) is 0 Å². The molecule has 0 fully saturated rings. The van der Waals surface area contributed by atoms with Gasteiger partial charge in [-0.05, 0) is 29.7 Å². The quantitative estimate of drug-likeness (QED) is 0.641. The molecule has 0 aliphatic heterocycles. The number of hydrogen-bond acceptors (Lipinski definition) is 2. The van der Waals surface area contributed by atoms with Crippen molar-refractivity contribution in [3.8, 4) is 0 Å². The molecule has 0 N–H and O–H groups in total. The molecule has 0 aliphatic rings. The first-order valence-electron chi connectivity index (χ1n) is 6.38. The van der Waals surface area contributed by atoms with Gasteiger partial charge in [0.2, 0.25) is 0 Å². The van der Waals surface area contributed by atoms with Crippen LogP contribution in [0.3, 0.4) is 0 Å². The smallest absolute Gasteiger partial charge is 0.0982 e. The number of nitrogens with zero attached hydrogens (tertiary/aromatic N) is 1. The van der Waals surface area contributed by atoms with Crippen LogP contribution in [0.25, 0.3) is 10.2 Å². The number of halogens is 1. The normalized spacial score (nSPS) is 11.1. The van der Waals surface area contributed by atoms with Gasteiger partial charge in [0.05, 0.1) is 15.2 Å². The van der Waals surface area contributed by atoms with Gasteiger partial charge in [-0.3, -0.25) is 0 Å². The number of rotatable bonds is 3. The summed E-state index contributed by atoms with van der Waals surface area (Å²) < 4.78 is 2.45. The van der Waals surface area contributed by atoms with Crippen LogP contribution in [0.5, 0.6) is 0 Å². The fraction of sp³-hybridized carbons (Fsp3) is 0.188. The standard InChI is InChI=1S/C16H14BrNS/c1-2-11-7-5-9-14-16(11)18-15(19-14)10-12-6-3-4-8-13(12)17/h3-9H,2,10H2,1H3. The molecule has 0 bridgehead atoms. The second-order valence-corrected chi connectivity index (χ2v) is 6.46. The van der Waals surface area contributed by atoms with Crippen molar-refractivity contribution in [1.29, 1.82) is 0 Å². The molecule has 0 aliphatic carbocycles. The van der Waals surface area contributed by atoms with Gasteiger partial charge in [-0.15, -0.1) is 11.3 Å². The van der Waals surface area contributed by atoms with Crippen molar-refractivity contribution in [3.05, 3.63) is 63.1 Å². The fourth-order valence-corrected chi connectivity index (χ4v) is 3.68. The number of aryl methyl sites for hydroxylation is 1. The lowest BCUT2D eigenvalue weighted by molar-refractivity contribution is 1.11. The summed E-state index contributed by atoms with van der Waals surface area (Å²) in [6, 6.07) is 14.8. The molecule has 0 unspecified atom stereocenters. The largest absolute Gasteiger partial charge is 0.241 e. The summed E-state index contributed by atoms with van der Waals surface area (Å²) in [5.41, 5.74) is 3.81. The van der Waals surface area contributed by atoms with Gasteiger partial charge in [-0.1, -0.05) is 53.2 Å². The molecule has 0 spiro atoms. The average molecular weight is 332 g/mol. The highest BCUT2D eigenvalue weighted by atomic mass is 79.9. The predicted molar refractivity (Wildman–Crippen MR) is 85.9 cm³/mol. The minimum atomic E-state index is 0.893. The first-order chi connectivity index (χ1) is 9.28. The number of hydrogen-bond donors (Lipinski definition) is 0. The van der Waals surface area contributed by atoms with E-state index in [2.05, 4.69) is 59.3 Å². The maximum absolute atomic E-state index is 4.82. The lowest BCUT2D eigenvalue weighted by Gasteiger charge is -2.00. The van der Waals surface area contributed by atoms with Crippen molar-refractivity contribution in [2.75, 3.05) is 0 Å². The first-order valence-corrected chi connectivity index (χ1v) is 7.99. The van der Waals surface area contributed by atoms with Crippen LogP contribution in [-0.2, 0) is 12.8 Å². The monoisotopic (exact) mass is 331 g/mol. The third-order valence-electron chi connectivity index (χ3n) is 3.23. The molecule has 96 valence electrons. The maximum Gasteiger partial charge on any atom is 0.0982 e. The zero-order valence-corrected chi connectivity index (χ0v) is 13.1. The molecule has 1 heterocycles. The number of thiazole rings is 1. The molecule has 3 heteroatoms. The Hall–Kier alpha value is -1.19. The molecule has 3 rings (SSSR count). The van der Waals surface area contributed by atoms with Crippen LogP contribution in [0.2, 0.25) is 0 Å². The molecule has 0 amide bonds. The molecule has 2 aromatic carbocycles. The second-order valence-electron chi connectivity index (χ2n) is 4.49. The van der Waals surface area contributed by atoms with Crippen molar-refractivity contribution in [3.63, 3.8) is 0 Å². The van der Waals surface area contributed by atoms with E-state index >= 15 is 0 Å². The van der Waals surface area contributed by atoms with Gasteiger partial charge in [0.1, 0.15) is 0 Å². The molecule has 0 atom stereocenters. The molecule has 0 radical (unpaired) electrons. The second kappa shape index (κ2) is 5.43. The summed E-state index contributed by atoms with van der Waals surface area (Å²) in [5, 5.41) is 1.18. The predicted octanol–water partition coefficient (Wildman–Crippen LogP) is 5.21. The number of para-hydroxylation sites is 1. The molecule has 1 nitrogen and oxygen atoms in total. The lowest BCUT2D eigenvalue weighted by Crippen LogP contribution is -1.88. The van der Waals surface area contributed by atoms with Crippen LogP contribution in [0.1, 0.15) is 23.1 Å². The van der Waals surface area contributed by atoms with Crippen LogP contribution in [0, 0.1) is 0 Å². The Kier molecular flexibility index (Phi) is 3.67. The fourth-order valence-electron chi connectivity index (χ4n) is 2.22. The highest BCUT2D eigenvalue weighted by Gasteiger charge is 2.08. The summed E-state index contributed by atoms with van der Waals surface area (Å²) >= 11 is 5.40. The Balaban J connectivity index is 2.00. The number of aromatic nitrogens is 1. The van der Waals surface area contributed by atoms with Gasteiger partial charge in [-0.25, -0.2) is 4.98 Å². The average Bonchev–Trinajstić information content (AvgIpc) is 2.83. The van der Waals surface area contributed by atoms with Gasteiger partial charge in [0.15, 0.2) is 0 Å². The Morgan fingerprint density at radius 2 is 1.84 bits per heavy atom. The molecule has 0 saturated carbocycles. The minimum Gasteiger partial charge on any atom is -0.241 e. The van der Waals surface area contributed by atoms with E-state index in [1.807, 2.05) is 6.07 Å². The Morgan fingerprint density at radius 1 is 1.05 bits per heavy atom. The van der Waals surface area contributed by atoms with Crippen LogP contribution in [0.15, 0.2) is 46.9 Å².